The zero-order valence-corrected chi connectivity index (χ0v) is 8.25. The van der Waals surface area contributed by atoms with Gasteiger partial charge in [-0.25, -0.2) is 0 Å². The summed E-state index contributed by atoms with van der Waals surface area (Å²) in [5.41, 5.74) is 2.66. The van der Waals surface area contributed by atoms with E-state index in [1.807, 2.05) is 0 Å². The Hall–Kier alpha value is -1.05. The van der Waals surface area contributed by atoms with Gasteiger partial charge in [-0.1, -0.05) is 6.08 Å². The third-order valence-corrected chi connectivity index (χ3v) is 3.65. The van der Waals surface area contributed by atoms with E-state index < -0.39 is 0 Å². The van der Waals surface area contributed by atoms with Gasteiger partial charge in [-0.3, -0.25) is 4.79 Å². The van der Waals surface area contributed by atoms with Gasteiger partial charge in [0.1, 0.15) is 0 Å². The van der Waals surface area contributed by atoms with Crippen LogP contribution in [-0.2, 0) is 4.79 Å². The van der Waals surface area contributed by atoms with Crippen molar-refractivity contribution < 1.29 is 4.79 Å². The van der Waals surface area contributed by atoms with Crippen molar-refractivity contribution in [3.8, 4) is 0 Å². The first-order chi connectivity index (χ1) is 6.83. The second-order valence-corrected chi connectivity index (χ2v) is 4.62. The van der Waals surface area contributed by atoms with Crippen LogP contribution in [0.2, 0.25) is 0 Å². The summed E-state index contributed by atoms with van der Waals surface area (Å²) in [6.07, 6.45) is 10.3. The number of fused-ring (bicyclic) bond motifs is 2. The van der Waals surface area contributed by atoms with Crippen molar-refractivity contribution in [2.45, 2.75) is 32.1 Å². The van der Waals surface area contributed by atoms with Gasteiger partial charge in [0.25, 0.3) is 0 Å². The third-order valence-electron chi connectivity index (χ3n) is 3.65. The van der Waals surface area contributed by atoms with E-state index in [0.29, 0.717) is 5.92 Å². The molecule has 0 aromatic rings. The molecule has 1 aliphatic heterocycles. The first kappa shape index (κ1) is 8.27. The van der Waals surface area contributed by atoms with Crippen molar-refractivity contribution >= 4 is 5.91 Å². The average Bonchev–Trinajstić information content (AvgIpc) is 2.53. The molecule has 2 unspecified atom stereocenters. The Kier molecular flexibility index (Phi) is 1.76. The first-order valence-electron chi connectivity index (χ1n) is 5.54. The van der Waals surface area contributed by atoms with E-state index in [9.17, 15) is 4.79 Å². The maximum absolute atomic E-state index is 11.2. The van der Waals surface area contributed by atoms with Crippen LogP contribution in [0.3, 0.4) is 0 Å². The van der Waals surface area contributed by atoms with Crippen molar-refractivity contribution in [2.24, 2.45) is 11.8 Å². The summed E-state index contributed by atoms with van der Waals surface area (Å²) >= 11 is 0. The van der Waals surface area contributed by atoms with E-state index in [1.54, 1.807) is 0 Å². The number of allylic oxidation sites excluding steroid dienone is 4. The zero-order chi connectivity index (χ0) is 9.54. The van der Waals surface area contributed by atoms with Gasteiger partial charge in [-0.2, -0.15) is 0 Å². The molecule has 2 atom stereocenters. The Morgan fingerprint density at radius 1 is 1.36 bits per heavy atom. The van der Waals surface area contributed by atoms with Gasteiger partial charge in [-0.15, -0.1) is 0 Å². The molecule has 2 nitrogen and oxygen atoms in total. The Labute approximate surface area is 84.1 Å². The second kappa shape index (κ2) is 2.97. The van der Waals surface area contributed by atoms with Gasteiger partial charge in [0.2, 0.25) is 5.91 Å². The Morgan fingerprint density at radius 2 is 2.29 bits per heavy atom. The van der Waals surface area contributed by atoms with E-state index in [-0.39, 0.29) is 5.91 Å². The van der Waals surface area contributed by atoms with Gasteiger partial charge in [0.15, 0.2) is 0 Å². The molecule has 1 N–H and O–H groups in total. The average molecular weight is 189 g/mol. The van der Waals surface area contributed by atoms with Crippen LogP contribution in [-0.4, -0.2) is 5.91 Å². The van der Waals surface area contributed by atoms with Gasteiger partial charge in [-0.05, 0) is 43.3 Å². The Balaban J connectivity index is 1.94. The SMILES string of the molecule is O=C1CC2CC3CCCC=C3C=C2N1. The Bertz CT molecular complexity index is 340. The fraction of sp³-hybridized carbons (Fsp3) is 0.583. The van der Waals surface area contributed by atoms with Crippen LogP contribution in [0.25, 0.3) is 0 Å². The van der Waals surface area contributed by atoms with Crippen LogP contribution in [0, 0.1) is 11.8 Å². The minimum absolute atomic E-state index is 0.209. The van der Waals surface area contributed by atoms with E-state index in [2.05, 4.69) is 17.5 Å². The van der Waals surface area contributed by atoms with E-state index in [4.69, 9.17) is 0 Å². The van der Waals surface area contributed by atoms with E-state index >= 15 is 0 Å². The molecule has 0 bridgehead atoms. The highest BCUT2D eigenvalue weighted by Crippen LogP contribution is 2.40. The molecule has 14 heavy (non-hydrogen) atoms. The molecular formula is C12H15NO. The lowest BCUT2D eigenvalue weighted by Crippen LogP contribution is -2.20. The van der Waals surface area contributed by atoms with E-state index in [0.717, 1.165) is 12.3 Å². The van der Waals surface area contributed by atoms with Crippen molar-refractivity contribution in [3.63, 3.8) is 0 Å². The van der Waals surface area contributed by atoms with Crippen LogP contribution in [0.5, 0.6) is 0 Å². The number of rotatable bonds is 0. The fourth-order valence-electron chi connectivity index (χ4n) is 2.93. The molecule has 1 fully saturated rings. The maximum Gasteiger partial charge on any atom is 0.224 e. The normalized spacial score (nSPS) is 35.3. The maximum atomic E-state index is 11.2. The monoisotopic (exact) mass is 189 g/mol. The summed E-state index contributed by atoms with van der Waals surface area (Å²) in [7, 11) is 0. The minimum atomic E-state index is 0.209. The van der Waals surface area contributed by atoms with Crippen LogP contribution in [0.4, 0.5) is 0 Å². The van der Waals surface area contributed by atoms with Gasteiger partial charge in [0.05, 0.1) is 0 Å². The number of amides is 1. The summed E-state index contributed by atoms with van der Waals surface area (Å²) in [5, 5.41) is 2.97. The molecule has 1 amide bonds. The smallest absolute Gasteiger partial charge is 0.224 e. The van der Waals surface area contributed by atoms with Crippen molar-refractivity contribution in [3.05, 3.63) is 23.4 Å². The molecule has 1 saturated heterocycles. The molecular weight excluding hydrogens is 174 g/mol. The van der Waals surface area contributed by atoms with Crippen LogP contribution in [0.1, 0.15) is 32.1 Å². The molecule has 3 aliphatic rings. The molecule has 2 aliphatic carbocycles. The van der Waals surface area contributed by atoms with Crippen LogP contribution < -0.4 is 5.32 Å². The fourth-order valence-corrected chi connectivity index (χ4v) is 2.93. The summed E-state index contributed by atoms with van der Waals surface area (Å²) in [6.45, 7) is 0. The largest absolute Gasteiger partial charge is 0.329 e. The number of nitrogens with one attached hydrogen (secondary N) is 1. The minimum Gasteiger partial charge on any atom is -0.329 e. The molecule has 0 spiro atoms. The summed E-state index contributed by atoms with van der Waals surface area (Å²) in [4.78, 5) is 11.2. The summed E-state index contributed by atoms with van der Waals surface area (Å²) in [6, 6.07) is 0. The highest BCUT2D eigenvalue weighted by Gasteiger charge is 2.34. The molecule has 74 valence electrons. The van der Waals surface area contributed by atoms with Gasteiger partial charge < -0.3 is 5.32 Å². The quantitative estimate of drug-likeness (QED) is 0.621. The molecule has 0 aromatic heterocycles. The number of carbonyl (C=O) groups is 1. The number of hydrogen-bond donors (Lipinski definition) is 1. The predicted molar refractivity (Wildman–Crippen MR) is 54.4 cm³/mol. The topological polar surface area (TPSA) is 29.1 Å². The van der Waals surface area contributed by atoms with Crippen LogP contribution in [0.15, 0.2) is 23.4 Å². The summed E-state index contributed by atoms with van der Waals surface area (Å²) < 4.78 is 0. The highest BCUT2D eigenvalue weighted by molar-refractivity contribution is 5.82. The molecule has 1 heterocycles. The third kappa shape index (κ3) is 1.21. The molecule has 2 heteroatoms. The van der Waals surface area contributed by atoms with Crippen molar-refractivity contribution in [2.75, 3.05) is 0 Å². The van der Waals surface area contributed by atoms with Crippen molar-refractivity contribution in [1.29, 1.82) is 0 Å². The molecule has 0 aromatic carbocycles. The molecule has 3 rings (SSSR count). The Morgan fingerprint density at radius 3 is 3.21 bits per heavy atom. The zero-order valence-electron chi connectivity index (χ0n) is 8.25. The van der Waals surface area contributed by atoms with Gasteiger partial charge >= 0.3 is 0 Å². The van der Waals surface area contributed by atoms with Crippen molar-refractivity contribution in [1.82, 2.24) is 5.32 Å². The standard InChI is InChI=1S/C12H15NO/c14-12-7-10-5-8-3-1-2-4-9(8)6-11(10)13-12/h4,6,8,10H,1-3,5,7H2,(H,13,14). The number of carbonyl (C=O) groups excluding carboxylic acids is 1. The summed E-state index contributed by atoms with van der Waals surface area (Å²) in [5.74, 6) is 1.45. The first-order valence-corrected chi connectivity index (χ1v) is 5.54. The lowest BCUT2D eigenvalue weighted by Gasteiger charge is -2.29. The molecule has 0 radical (unpaired) electrons. The lowest BCUT2D eigenvalue weighted by molar-refractivity contribution is -0.119. The molecule has 0 saturated carbocycles. The highest BCUT2D eigenvalue weighted by atomic mass is 16.1. The van der Waals surface area contributed by atoms with Crippen LogP contribution >= 0.6 is 0 Å². The predicted octanol–water partition coefficient (Wildman–Crippen LogP) is 2.14. The van der Waals surface area contributed by atoms with Gasteiger partial charge in [0, 0.05) is 18.0 Å². The van der Waals surface area contributed by atoms with E-state index in [1.165, 1.54) is 37.0 Å². The number of hydrogen-bond acceptors (Lipinski definition) is 1. The lowest BCUT2D eigenvalue weighted by atomic mass is 9.76. The second-order valence-electron chi connectivity index (χ2n) is 4.62.